The van der Waals surface area contributed by atoms with E-state index >= 15 is 0 Å². The van der Waals surface area contributed by atoms with E-state index in [2.05, 4.69) is 15.4 Å². The van der Waals surface area contributed by atoms with Gasteiger partial charge >= 0.3 is 0 Å². The van der Waals surface area contributed by atoms with Crippen molar-refractivity contribution in [3.63, 3.8) is 0 Å². The van der Waals surface area contributed by atoms with Crippen LogP contribution in [0.4, 0.5) is 0 Å². The van der Waals surface area contributed by atoms with Gasteiger partial charge in [-0.2, -0.15) is 5.10 Å². The fourth-order valence-electron chi connectivity index (χ4n) is 1.25. The van der Waals surface area contributed by atoms with Crippen molar-refractivity contribution in [3.8, 4) is 0 Å². The lowest BCUT2D eigenvalue weighted by atomic mass is 10.4. The molecule has 0 aliphatic carbocycles. The van der Waals surface area contributed by atoms with Crippen molar-refractivity contribution in [2.75, 3.05) is 7.05 Å². The highest BCUT2D eigenvalue weighted by Crippen LogP contribution is 2.07. The number of hydrogen-bond donors (Lipinski definition) is 1. The van der Waals surface area contributed by atoms with E-state index in [0.29, 0.717) is 0 Å². The van der Waals surface area contributed by atoms with Gasteiger partial charge in [0, 0.05) is 23.8 Å². The molecule has 0 aliphatic heterocycles. The summed E-state index contributed by atoms with van der Waals surface area (Å²) in [6, 6.07) is 2.03. The van der Waals surface area contributed by atoms with Crippen LogP contribution in [0.3, 0.4) is 0 Å². The van der Waals surface area contributed by atoms with E-state index in [1.165, 1.54) is 4.88 Å². The lowest BCUT2D eigenvalue weighted by molar-refractivity contribution is 0.664. The Balaban J connectivity index is 2.03. The monoisotopic (exact) mass is 208 g/mol. The molecule has 2 rings (SSSR count). The molecule has 1 N–H and O–H groups in total. The third-order valence-electron chi connectivity index (χ3n) is 1.86. The predicted molar refractivity (Wildman–Crippen MR) is 56.2 cm³/mol. The standard InChI is InChI=1S/C9H12N4S/c1-10-4-8-2-3-13(12-8)6-9-5-11-7-14-9/h2-3,5,7,10H,4,6H2,1H3. The van der Waals surface area contributed by atoms with Crippen LogP contribution in [0.15, 0.2) is 24.0 Å². The molecule has 0 spiro atoms. The van der Waals surface area contributed by atoms with Gasteiger partial charge in [-0.05, 0) is 13.1 Å². The van der Waals surface area contributed by atoms with Gasteiger partial charge in [-0.15, -0.1) is 11.3 Å². The van der Waals surface area contributed by atoms with Gasteiger partial charge in [0.25, 0.3) is 0 Å². The summed E-state index contributed by atoms with van der Waals surface area (Å²) in [5.74, 6) is 0. The Morgan fingerprint density at radius 3 is 3.21 bits per heavy atom. The second-order valence-corrected chi connectivity index (χ2v) is 3.97. The van der Waals surface area contributed by atoms with Crippen LogP contribution in [0, 0.1) is 0 Å². The SMILES string of the molecule is CNCc1ccn(Cc2cncs2)n1. The van der Waals surface area contributed by atoms with Crippen molar-refractivity contribution in [2.24, 2.45) is 0 Å². The topological polar surface area (TPSA) is 42.7 Å². The Labute approximate surface area is 86.6 Å². The number of hydrogen-bond acceptors (Lipinski definition) is 4. The van der Waals surface area contributed by atoms with Crippen molar-refractivity contribution in [2.45, 2.75) is 13.1 Å². The van der Waals surface area contributed by atoms with Crippen LogP contribution in [-0.4, -0.2) is 21.8 Å². The Morgan fingerprint density at radius 1 is 1.57 bits per heavy atom. The molecule has 0 unspecified atom stereocenters. The summed E-state index contributed by atoms with van der Waals surface area (Å²) in [5.41, 5.74) is 2.91. The van der Waals surface area contributed by atoms with Gasteiger partial charge in [-0.1, -0.05) is 0 Å². The fourth-order valence-corrected chi connectivity index (χ4v) is 1.83. The third kappa shape index (κ3) is 2.18. The number of nitrogens with one attached hydrogen (secondary N) is 1. The molecule has 2 heterocycles. The van der Waals surface area contributed by atoms with Crippen molar-refractivity contribution in [3.05, 3.63) is 34.5 Å². The average molecular weight is 208 g/mol. The van der Waals surface area contributed by atoms with E-state index in [0.717, 1.165) is 18.8 Å². The van der Waals surface area contributed by atoms with Gasteiger partial charge in [-0.25, -0.2) is 0 Å². The first kappa shape index (κ1) is 9.36. The smallest absolute Gasteiger partial charge is 0.0794 e. The fraction of sp³-hybridized carbons (Fsp3) is 0.333. The van der Waals surface area contributed by atoms with Crippen LogP contribution in [-0.2, 0) is 13.1 Å². The van der Waals surface area contributed by atoms with E-state index in [-0.39, 0.29) is 0 Å². The second kappa shape index (κ2) is 4.34. The number of aromatic nitrogens is 3. The number of rotatable bonds is 4. The van der Waals surface area contributed by atoms with Gasteiger partial charge in [0.2, 0.25) is 0 Å². The Bertz CT molecular complexity index is 379. The molecular weight excluding hydrogens is 196 g/mol. The molecule has 74 valence electrons. The van der Waals surface area contributed by atoms with Crippen LogP contribution in [0.2, 0.25) is 0 Å². The molecule has 0 aliphatic rings. The summed E-state index contributed by atoms with van der Waals surface area (Å²) in [4.78, 5) is 5.25. The largest absolute Gasteiger partial charge is 0.314 e. The van der Waals surface area contributed by atoms with Crippen LogP contribution >= 0.6 is 11.3 Å². The molecule has 0 saturated heterocycles. The molecule has 14 heavy (non-hydrogen) atoms. The second-order valence-electron chi connectivity index (χ2n) is 3.00. The van der Waals surface area contributed by atoms with Gasteiger partial charge < -0.3 is 5.32 Å². The highest BCUT2D eigenvalue weighted by atomic mass is 32.1. The summed E-state index contributed by atoms with van der Waals surface area (Å²) >= 11 is 1.65. The minimum Gasteiger partial charge on any atom is -0.314 e. The molecule has 0 aromatic carbocycles. The summed E-state index contributed by atoms with van der Waals surface area (Å²) in [7, 11) is 1.92. The van der Waals surface area contributed by atoms with E-state index in [9.17, 15) is 0 Å². The highest BCUT2D eigenvalue weighted by Gasteiger charge is 1.99. The van der Waals surface area contributed by atoms with E-state index in [1.54, 1.807) is 11.3 Å². The predicted octanol–water partition coefficient (Wildman–Crippen LogP) is 1.11. The Kier molecular flexibility index (Phi) is 2.90. The lowest BCUT2D eigenvalue weighted by Gasteiger charge is -1.97. The zero-order valence-corrected chi connectivity index (χ0v) is 8.79. The quantitative estimate of drug-likeness (QED) is 0.818. The van der Waals surface area contributed by atoms with Crippen LogP contribution in [0.25, 0.3) is 0 Å². The van der Waals surface area contributed by atoms with E-state index in [1.807, 2.05) is 35.7 Å². The van der Waals surface area contributed by atoms with Gasteiger partial charge in [0.1, 0.15) is 0 Å². The average Bonchev–Trinajstić information content (AvgIpc) is 2.79. The zero-order chi connectivity index (χ0) is 9.80. The van der Waals surface area contributed by atoms with Gasteiger partial charge in [0.05, 0.1) is 17.7 Å². The van der Waals surface area contributed by atoms with E-state index < -0.39 is 0 Å². The maximum atomic E-state index is 4.41. The lowest BCUT2D eigenvalue weighted by Crippen LogP contribution is -2.07. The van der Waals surface area contributed by atoms with Crippen LogP contribution in [0.1, 0.15) is 10.6 Å². The zero-order valence-electron chi connectivity index (χ0n) is 7.97. The summed E-state index contributed by atoms with van der Waals surface area (Å²) in [6.45, 7) is 1.63. The first-order valence-electron chi connectivity index (χ1n) is 4.43. The maximum Gasteiger partial charge on any atom is 0.0794 e. The summed E-state index contributed by atoms with van der Waals surface area (Å²) in [5, 5.41) is 7.48. The maximum absolute atomic E-state index is 4.41. The van der Waals surface area contributed by atoms with Gasteiger partial charge in [0.15, 0.2) is 0 Å². The minimum atomic E-state index is 0.814. The van der Waals surface area contributed by atoms with Crippen LogP contribution < -0.4 is 5.32 Å². The van der Waals surface area contributed by atoms with Crippen molar-refractivity contribution in [1.82, 2.24) is 20.1 Å². The molecule has 0 saturated carbocycles. The molecule has 0 radical (unpaired) electrons. The molecule has 0 atom stereocenters. The molecule has 4 nitrogen and oxygen atoms in total. The Hall–Kier alpha value is -1.20. The summed E-state index contributed by atoms with van der Waals surface area (Å²) in [6.07, 6.45) is 3.87. The molecule has 0 amide bonds. The molecule has 0 fully saturated rings. The van der Waals surface area contributed by atoms with Crippen molar-refractivity contribution in [1.29, 1.82) is 0 Å². The molecule has 5 heteroatoms. The van der Waals surface area contributed by atoms with Crippen LogP contribution in [0.5, 0.6) is 0 Å². The highest BCUT2D eigenvalue weighted by molar-refractivity contribution is 7.09. The molecule has 2 aromatic rings. The molecular formula is C9H12N4S. The molecule has 2 aromatic heterocycles. The Morgan fingerprint density at radius 2 is 2.50 bits per heavy atom. The normalized spacial score (nSPS) is 10.6. The molecule has 0 bridgehead atoms. The van der Waals surface area contributed by atoms with Crippen molar-refractivity contribution >= 4 is 11.3 Å². The first-order valence-corrected chi connectivity index (χ1v) is 5.31. The summed E-state index contributed by atoms with van der Waals surface area (Å²) < 4.78 is 1.93. The minimum absolute atomic E-state index is 0.814. The van der Waals surface area contributed by atoms with Gasteiger partial charge in [-0.3, -0.25) is 9.67 Å². The van der Waals surface area contributed by atoms with E-state index in [4.69, 9.17) is 0 Å². The van der Waals surface area contributed by atoms with Crippen molar-refractivity contribution < 1.29 is 0 Å². The first-order chi connectivity index (χ1) is 6.88. The number of nitrogens with zero attached hydrogens (tertiary/aromatic N) is 3. The number of thiazole rings is 1. The third-order valence-corrected chi connectivity index (χ3v) is 2.62.